The molecule has 0 spiro atoms. The van der Waals surface area contributed by atoms with Gasteiger partial charge < -0.3 is 5.73 Å². The topological polar surface area (TPSA) is 86.7 Å². The fourth-order valence-corrected chi connectivity index (χ4v) is 2.93. The average Bonchev–Trinajstić information content (AvgIpc) is 2.90. The summed E-state index contributed by atoms with van der Waals surface area (Å²) in [5.41, 5.74) is 5.90. The molecule has 3 aromatic rings. The van der Waals surface area contributed by atoms with Crippen LogP contribution in [0.25, 0.3) is 10.9 Å². The summed E-state index contributed by atoms with van der Waals surface area (Å²) < 4.78 is 1.70. The highest BCUT2D eigenvalue weighted by Gasteiger charge is 2.07. The van der Waals surface area contributed by atoms with E-state index in [1.165, 1.54) is 6.07 Å². The Morgan fingerprint density at radius 1 is 1.08 bits per heavy atom. The third-order valence-electron chi connectivity index (χ3n) is 2.72. The van der Waals surface area contributed by atoms with Gasteiger partial charge in [0, 0.05) is 13.1 Å². The quantitative estimate of drug-likeness (QED) is 0.406. The van der Waals surface area contributed by atoms with Crippen molar-refractivity contribution < 1.29 is 4.79 Å². The van der Waals surface area contributed by atoms with Crippen molar-refractivity contribution in [3.05, 3.63) is 49.5 Å². The molecule has 3 aromatic heterocycles. The molecule has 11 heteroatoms. The van der Waals surface area contributed by atoms with Gasteiger partial charge in [-0.1, -0.05) is 64.9 Å². The number of nitrogens with two attached hydrogens (primary N) is 1. The van der Waals surface area contributed by atoms with Gasteiger partial charge >= 0.3 is 0 Å². The molecule has 140 valence electrons. The molecule has 0 fully saturated rings. The maximum Gasteiger partial charge on any atom is 0.154 e. The number of nitrogens with zero attached hydrogens (tertiary/aromatic N) is 4. The number of halogens is 5. The van der Waals surface area contributed by atoms with Crippen LogP contribution in [0.1, 0.15) is 17.3 Å². The summed E-state index contributed by atoms with van der Waals surface area (Å²) in [6.07, 6.45) is 2.20. The Morgan fingerprint density at radius 2 is 1.62 bits per heavy atom. The summed E-state index contributed by atoms with van der Waals surface area (Å²) in [6, 6.07) is 3.09. The second-order valence-corrected chi connectivity index (χ2v) is 6.49. The number of carbonyl (C=O) groups is 1. The lowest BCUT2D eigenvalue weighted by molar-refractivity contribution is 0.112. The Labute approximate surface area is 175 Å². The molecule has 3 heterocycles. The summed E-state index contributed by atoms with van der Waals surface area (Å²) in [4.78, 5) is 17.8. The van der Waals surface area contributed by atoms with E-state index < -0.39 is 0 Å². The van der Waals surface area contributed by atoms with E-state index in [-0.39, 0.29) is 20.9 Å². The summed E-state index contributed by atoms with van der Waals surface area (Å²) >= 11 is 28.1. The van der Waals surface area contributed by atoms with E-state index in [1.807, 2.05) is 14.0 Å². The first-order valence-electron chi connectivity index (χ1n) is 7.05. The van der Waals surface area contributed by atoms with Gasteiger partial charge in [-0.05, 0) is 12.6 Å². The highest BCUT2D eigenvalue weighted by molar-refractivity contribution is 6.39. The predicted molar refractivity (Wildman–Crippen MR) is 108 cm³/mol. The van der Waals surface area contributed by atoms with Gasteiger partial charge in [0.2, 0.25) is 0 Å². The molecule has 2 N–H and O–H groups in total. The summed E-state index contributed by atoms with van der Waals surface area (Å²) in [5.74, 6) is 0. The number of hydrogen-bond acceptors (Lipinski definition) is 5. The smallest absolute Gasteiger partial charge is 0.154 e. The number of carbonyl (C=O) groups excluding carboxylic acids is 1. The van der Waals surface area contributed by atoms with Gasteiger partial charge in [0.15, 0.2) is 6.29 Å². The summed E-state index contributed by atoms with van der Waals surface area (Å²) in [7, 11) is 1.83. The van der Waals surface area contributed by atoms with E-state index in [0.717, 1.165) is 17.4 Å². The highest BCUT2D eigenvalue weighted by Crippen LogP contribution is 2.24. The van der Waals surface area contributed by atoms with Crippen molar-refractivity contribution in [2.45, 2.75) is 6.92 Å². The van der Waals surface area contributed by atoms with Crippen molar-refractivity contribution in [3.8, 4) is 0 Å². The lowest BCUT2D eigenvalue weighted by Crippen LogP contribution is -1.89. The zero-order valence-electron chi connectivity index (χ0n) is 13.7. The molecular formula is C15H14Cl5N5O. The molecule has 0 saturated carbocycles. The van der Waals surface area contributed by atoms with E-state index in [0.29, 0.717) is 16.6 Å². The van der Waals surface area contributed by atoms with E-state index >= 15 is 0 Å². The Bertz CT molecular complexity index is 877. The van der Waals surface area contributed by atoms with Crippen LogP contribution in [0, 0.1) is 0 Å². The predicted octanol–water partition coefficient (Wildman–Crippen LogP) is 5.09. The molecular weight excluding hydrogens is 443 g/mol. The van der Waals surface area contributed by atoms with Crippen LogP contribution >= 0.6 is 58.0 Å². The van der Waals surface area contributed by atoms with Crippen molar-refractivity contribution in [1.82, 2.24) is 19.7 Å². The molecule has 0 radical (unpaired) electrons. The van der Waals surface area contributed by atoms with Crippen LogP contribution in [0.3, 0.4) is 0 Å². The fourth-order valence-electron chi connectivity index (χ4n) is 1.65. The second kappa shape index (κ2) is 10.9. The number of rotatable bonds is 1. The minimum absolute atomic E-state index is 0.0255. The van der Waals surface area contributed by atoms with Gasteiger partial charge in [-0.25, -0.2) is 9.97 Å². The van der Waals surface area contributed by atoms with Crippen LogP contribution in [0.5, 0.6) is 0 Å². The maximum absolute atomic E-state index is 10.3. The zero-order chi connectivity index (χ0) is 19.9. The van der Waals surface area contributed by atoms with E-state index in [9.17, 15) is 4.79 Å². The molecule has 0 aliphatic heterocycles. The summed E-state index contributed by atoms with van der Waals surface area (Å²) in [5, 5.41) is 6.04. The monoisotopic (exact) mass is 455 g/mol. The van der Waals surface area contributed by atoms with Crippen LogP contribution in [0.2, 0.25) is 25.6 Å². The SMILES string of the molecule is CCN.Cn1ncc2c(Cl)nc(Cl)cc21.O=Cc1c(Cl)cc(Cl)nc1Cl. The molecule has 0 aliphatic rings. The van der Waals surface area contributed by atoms with Crippen LogP contribution in [0.4, 0.5) is 0 Å². The van der Waals surface area contributed by atoms with Gasteiger partial charge in [-0.3, -0.25) is 9.48 Å². The van der Waals surface area contributed by atoms with Crippen molar-refractivity contribution in [1.29, 1.82) is 0 Å². The lowest BCUT2D eigenvalue weighted by atomic mass is 10.3. The molecule has 3 rings (SSSR count). The minimum Gasteiger partial charge on any atom is -0.331 e. The van der Waals surface area contributed by atoms with Crippen molar-refractivity contribution in [3.63, 3.8) is 0 Å². The van der Waals surface area contributed by atoms with Crippen molar-refractivity contribution >= 4 is 75.2 Å². The average molecular weight is 458 g/mol. The molecule has 0 saturated heterocycles. The molecule has 6 nitrogen and oxygen atoms in total. The molecule has 0 atom stereocenters. The Morgan fingerprint density at radius 3 is 2.15 bits per heavy atom. The van der Waals surface area contributed by atoms with E-state index in [1.54, 1.807) is 16.9 Å². The minimum atomic E-state index is 0.0255. The Kier molecular flexibility index (Phi) is 9.57. The van der Waals surface area contributed by atoms with Crippen molar-refractivity contribution in [2.75, 3.05) is 6.54 Å². The summed E-state index contributed by atoms with van der Waals surface area (Å²) in [6.45, 7) is 2.65. The number of aldehydes is 1. The lowest BCUT2D eigenvalue weighted by Gasteiger charge is -1.97. The number of fused-ring (bicyclic) bond motifs is 1. The number of hydrogen-bond donors (Lipinski definition) is 1. The third-order valence-corrected chi connectivity index (χ3v) is 3.99. The molecule has 0 bridgehead atoms. The van der Waals surface area contributed by atoms with E-state index in [4.69, 9.17) is 63.7 Å². The third kappa shape index (κ3) is 6.23. The van der Waals surface area contributed by atoms with Crippen molar-refractivity contribution in [2.24, 2.45) is 12.8 Å². The maximum atomic E-state index is 10.3. The van der Waals surface area contributed by atoms with Gasteiger partial charge in [0.05, 0.1) is 27.7 Å². The van der Waals surface area contributed by atoms with Gasteiger partial charge in [-0.2, -0.15) is 5.10 Å². The van der Waals surface area contributed by atoms with Gasteiger partial charge in [-0.15, -0.1) is 0 Å². The van der Waals surface area contributed by atoms with Crippen LogP contribution in [-0.4, -0.2) is 32.6 Å². The van der Waals surface area contributed by atoms with Crippen LogP contribution in [0.15, 0.2) is 18.3 Å². The largest absolute Gasteiger partial charge is 0.331 e. The van der Waals surface area contributed by atoms with Gasteiger partial charge in [0.25, 0.3) is 0 Å². The van der Waals surface area contributed by atoms with Crippen LogP contribution < -0.4 is 5.73 Å². The Hall–Kier alpha value is -1.15. The first-order valence-corrected chi connectivity index (χ1v) is 8.94. The highest BCUT2D eigenvalue weighted by atomic mass is 35.5. The first-order chi connectivity index (χ1) is 12.2. The molecule has 0 aromatic carbocycles. The molecule has 0 aliphatic carbocycles. The molecule has 0 amide bonds. The number of aryl methyl sites for hydroxylation is 1. The van der Waals surface area contributed by atoms with Gasteiger partial charge in [0.1, 0.15) is 20.6 Å². The second-order valence-electron chi connectivity index (χ2n) is 4.59. The van der Waals surface area contributed by atoms with Crippen LogP contribution in [-0.2, 0) is 7.05 Å². The zero-order valence-corrected chi connectivity index (χ0v) is 17.5. The molecule has 26 heavy (non-hydrogen) atoms. The standard InChI is InChI=1S/C7H5Cl2N3.C6H2Cl3NO.C2H7N/c1-12-5-2-6(8)11-7(9)4(5)3-10-12;7-4-1-5(8)10-6(9)3(4)2-11;1-2-3/h2-3H,1H3;1-2H;2-3H2,1H3. The first kappa shape index (κ1) is 22.9. The van der Waals surface area contributed by atoms with E-state index in [2.05, 4.69) is 15.1 Å². The number of pyridine rings is 2. The number of aromatic nitrogens is 4. The molecule has 0 unspecified atom stereocenters. The fraction of sp³-hybridized carbons (Fsp3) is 0.200. The Balaban J connectivity index is 0.000000227. The normalized spacial score (nSPS) is 9.85.